The van der Waals surface area contributed by atoms with E-state index >= 15 is 0 Å². The number of nitro groups is 1. The molecule has 0 aliphatic rings. The Balaban J connectivity index is 0.00000288. The second-order valence-corrected chi connectivity index (χ2v) is 4.91. The zero-order valence-electron chi connectivity index (χ0n) is 12.8. The molecule has 0 bridgehead atoms. The van der Waals surface area contributed by atoms with Crippen molar-refractivity contribution in [3.05, 3.63) is 69.8 Å². The predicted octanol–water partition coefficient (Wildman–Crippen LogP) is 2.92. The van der Waals surface area contributed by atoms with Crippen LogP contribution >= 0.6 is 12.4 Å². The minimum Gasteiger partial charge on any atom is -0.478 e. The van der Waals surface area contributed by atoms with Crippen molar-refractivity contribution in [2.75, 3.05) is 18.4 Å². The van der Waals surface area contributed by atoms with E-state index in [0.29, 0.717) is 19.6 Å². The van der Waals surface area contributed by atoms with Crippen LogP contribution in [0.1, 0.15) is 15.9 Å². The van der Waals surface area contributed by atoms with Crippen molar-refractivity contribution in [3.63, 3.8) is 0 Å². The van der Waals surface area contributed by atoms with Gasteiger partial charge in [-0.2, -0.15) is 0 Å². The number of hydrogen-bond acceptors (Lipinski definition) is 5. The minimum atomic E-state index is -0.934. The van der Waals surface area contributed by atoms with Gasteiger partial charge in [0.15, 0.2) is 0 Å². The molecule has 2 aromatic carbocycles. The first-order valence-corrected chi connectivity index (χ1v) is 7.07. The number of halogens is 1. The van der Waals surface area contributed by atoms with Gasteiger partial charge in [0, 0.05) is 37.5 Å². The number of carboxylic acids is 1. The van der Waals surface area contributed by atoms with Gasteiger partial charge in [0.05, 0.1) is 10.5 Å². The highest BCUT2D eigenvalue weighted by Gasteiger charge is 2.03. The van der Waals surface area contributed by atoms with Crippen molar-refractivity contribution >= 4 is 29.8 Å². The van der Waals surface area contributed by atoms with Crippen LogP contribution in [0.5, 0.6) is 0 Å². The van der Waals surface area contributed by atoms with E-state index in [1.165, 1.54) is 12.1 Å². The van der Waals surface area contributed by atoms with Crippen LogP contribution in [0.15, 0.2) is 48.5 Å². The molecule has 0 atom stereocenters. The zero-order valence-corrected chi connectivity index (χ0v) is 13.6. The molecule has 0 saturated heterocycles. The number of hydrogen-bond donors (Lipinski definition) is 3. The Bertz CT molecular complexity index is 615. The van der Waals surface area contributed by atoms with E-state index in [-0.39, 0.29) is 23.7 Å². The summed E-state index contributed by atoms with van der Waals surface area (Å²) in [5.41, 5.74) is 2.17. The number of nitro benzene ring substituents is 1. The van der Waals surface area contributed by atoms with Crippen molar-refractivity contribution in [1.82, 2.24) is 5.32 Å². The molecule has 0 aromatic heterocycles. The van der Waals surface area contributed by atoms with E-state index in [2.05, 4.69) is 10.6 Å². The third-order valence-corrected chi connectivity index (χ3v) is 3.24. The number of nitrogens with one attached hydrogen (secondary N) is 2. The summed E-state index contributed by atoms with van der Waals surface area (Å²) >= 11 is 0. The maximum atomic E-state index is 10.7. The lowest BCUT2D eigenvalue weighted by atomic mass is 10.1. The van der Waals surface area contributed by atoms with Crippen LogP contribution in [0.4, 0.5) is 11.4 Å². The van der Waals surface area contributed by atoms with Gasteiger partial charge in [0.2, 0.25) is 0 Å². The van der Waals surface area contributed by atoms with E-state index in [0.717, 1.165) is 11.3 Å². The minimum absolute atomic E-state index is 0. The van der Waals surface area contributed by atoms with E-state index in [1.54, 1.807) is 36.4 Å². The van der Waals surface area contributed by atoms with Crippen LogP contribution < -0.4 is 10.6 Å². The van der Waals surface area contributed by atoms with Gasteiger partial charge in [-0.1, -0.05) is 12.1 Å². The molecule has 0 saturated carbocycles. The fourth-order valence-corrected chi connectivity index (χ4v) is 1.99. The van der Waals surface area contributed by atoms with Crippen molar-refractivity contribution in [2.24, 2.45) is 0 Å². The number of carbonyl (C=O) groups is 1. The Morgan fingerprint density at radius 2 is 1.67 bits per heavy atom. The average Bonchev–Trinajstić information content (AvgIpc) is 2.55. The first-order valence-electron chi connectivity index (χ1n) is 7.07. The number of non-ortho nitro benzene ring substituents is 1. The smallest absolute Gasteiger partial charge is 0.335 e. The Morgan fingerprint density at radius 3 is 2.21 bits per heavy atom. The fraction of sp³-hybridized carbons (Fsp3) is 0.188. The highest BCUT2D eigenvalue weighted by Crippen LogP contribution is 2.14. The van der Waals surface area contributed by atoms with Gasteiger partial charge in [-0.15, -0.1) is 12.4 Å². The van der Waals surface area contributed by atoms with Crippen LogP contribution in [0.3, 0.4) is 0 Å². The molecule has 128 valence electrons. The lowest BCUT2D eigenvalue weighted by Crippen LogP contribution is -2.21. The SMILES string of the molecule is Cl.O=C(O)c1ccc(CNCCNc2ccc([N+](=O)[O-])cc2)cc1. The zero-order chi connectivity index (χ0) is 16.7. The molecule has 0 aliphatic heterocycles. The van der Waals surface area contributed by atoms with Crippen LogP contribution in [-0.4, -0.2) is 29.1 Å². The molecule has 2 aromatic rings. The van der Waals surface area contributed by atoms with Crippen LogP contribution in [0.25, 0.3) is 0 Å². The lowest BCUT2D eigenvalue weighted by molar-refractivity contribution is -0.384. The Labute approximate surface area is 145 Å². The van der Waals surface area contributed by atoms with E-state index in [1.807, 2.05) is 0 Å². The molecule has 3 N–H and O–H groups in total. The standard InChI is InChI=1S/C16H17N3O4.ClH/c20-16(21)13-3-1-12(2-4-13)11-17-9-10-18-14-5-7-15(8-6-14)19(22)23;/h1-8,17-18H,9-11H2,(H,20,21);1H. The van der Waals surface area contributed by atoms with Gasteiger partial charge in [-0.25, -0.2) is 4.79 Å². The van der Waals surface area contributed by atoms with Gasteiger partial charge >= 0.3 is 5.97 Å². The molecule has 7 nitrogen and oxygen atoms in total. The molecule has 24 heavy (non-hydrogen) atoms. The molecule has 0 radical (unpaired) electrons. The maximum absolute atomic E-state index is 10.7. The highest BCUT2D eigenvalue weighted by atomic mass is 35.5. The highest BCUT2D eigenvalue weighted by molar-refractivity contribution is 5.87. The molecular weight excluding hydrogens is 334 g/mol. The molecule has 2 rings (SSSR count). The summed E-state index contributed by atoms with van der Waals surface area (Å²) < 4.78 is 0. The lowest BCUT2D eigenvalue weighted by Gasteiger charge is -2.08. The van der Waals surface area contributed by atoms with Crippen molar-refractivity contribution in [3.8, 4) is 0 Å². The number of aromatic carboxylic acids is 1. The van der Waals surface area contributed by atoms with Crippen LogP contribution in [0, 0.1) is 10.1 Å². The van der Waals surface area contributed by atoms with Crippen molar-refractivity contribution < 1.29 is 14.8 Å². The van der Waals surface area contributed by atoms with Gasteiger partial charge in [-0.3, -0.25) is 10.1 Å². The molecular formula is C16H18ClN3O4. The number of nitrogens with zero attached hydrogens (tertiary/aromatic N) is 1. The fourth-order valence-electron chi connectivity index (χ4n) is 1.99. The normalized spacial score (nSPS) is 9.83. The first-order chi connectivity index (χ1) is 11.1. The Morgan fingerprint density at radius 1 is 1.04 bits per heavy atom. The number of carboxylic acid groups (broad SMARTS) is 1. The Hall–Kier alpha value is -2.64. The predicted molar refractivity (Wildman–Crippen MR) is 93.9 cm³/mol. The summed E-state index contributed by atoms with van der Waals surface area (Å²) in [6, 6.07) is 13.0. The summed E-state index contributed by atoms with van der Waals surface area (Å²) in [6.45, 7) is 2.02. The number of anilines is 1. The third kappa shape index (κ3) is 5.86. The summed E-state index contributed by atoms with van der Waals surface area (Å²) in [5.74, 6) is -0.934. The molecule has 0 heterocycles. The number of benzene rings is 2. The largest absolute Gasteiger partial charge is 0.478 e. The second-order valence-electron chi connectivity index (χ2n) is 4.91. The van der Waals surface area contributed by atoms with Gasteiger partial charge in [0.1, 0.15) is 0 Å². The van der Waals surface area contributed by atoms with E-state index in [9.17, 15) is 14.9 Å². The molecule has 0 spiro atoms. The van der Waals surface area contributed by atoms with E-state index < -0.39 is 10.9 Å². The molecule has 0 unspecified atom stereocenters. The topological polar surface area (TPSA) is 104 Å². The van der Waals surface area contributed by atoms with Gasteiger partial charge < -0.3 is 15.7 Å². The molecule has 0 fully saturated rings. The summed E-state index contributed by atoms with van der Waals surface area (Å²) in [5, 5.41) is 25.8. The molecule has 8 heteroatoms. The van der Waals surface area contributed by atoms with Crippen LogP contribution in [-0.2, 0) is 6.54 Å². The molecule has 0 amide bonds. The van der Waals surface area contributed by atoms with Crippen LogP contribution in [0.2, 0.25) is 0 Å². The second kappa shape index (κ2) is 9.49. The maximum Gasteiger partial charge on any atom is 0.335 e. The quantitative estimate of drug-likeness (QED) is 0.383. The van der Waals surface area contributed by atoms with E-state index in [4.69, 9.17) is 5.11 Å². The van der Waals surface area contributed by atoms with Gasteiger partial charge in [-0.05, 0) is 29.8 Å². The van der Waals surface area contributed by atoms with Gasteiger partial charge in [0.25, 0.3) is 5.69 Å². The summed E-state index contributed by atoms with van der Waals surface area (Å²) in [7, 11) is 0. The van der Waals surface area contributed by atoms with Crippen molar-refractivity contribution in [2.45, 2.75) is 6.54 Å². The first kappa shape index (κ1) is 19.4. The van der Waals surface area contributed by atoms with Crippen molar-refractivity contribution in [1.29, 1.82) is 0 Å². The Kier molecular flexibility index (Phi) is 7.67. The summed E-state index contributed by atoms with van der Waals surface area (Å²) in [4.78, 5) is 20.9. The number of rotatable bonds is 8. The monoisotopic (exact) mass is 351 g/mol. The summed E-state index contributed by atoms with van der Waals surface area (Å²) in [6.07, 6.45) is 0. The average molecular weight is 352 g/mol. The third-order valence-electron chi connectivity index (χ3n) is 3.24. The molecule has 0 aliphatic carbocycles.